The van der Waals surface area contributed by atoms with Crippen LogP contribution in [0.1, 0.15) is 5.69 Å². The van der Waals surface area contributed by atoms with Crippen molar-refractivity contribution in [2.24, 2.45) is 0 Å². The summed E-state index contributed by atoms with van der Waals surface area (Å²) in [7, 11) is 1.62. The minimum absolute atomic E-state index is 0.324. The second-order valence-corrected chi connectivity index (χ2v) is 4.47. The van der Waals surface area contributed by atoms with Gasteiger partial charge in [0.25, 0.3) is 0 Å². The van der Waals surface area contributed by atoms with Crippen LogP contribution in [0.3, 0.4) is 0 Å². The van der Waals surface area contributed by atoms with E-state index in [0.29, 0.717) is 17.5 Å². The topological polar surface area (TPSA) is 35.8 Å². The smallest absolute Gasteiger partial charge is 0.242 e. The Hall–Kier alpha value is -2.20. The number of methoxy groups -OCH3 is 1. The van der Waals surface area contributed by atoms with Gasteiger partial charge in [-0.1, -0.05) is 12.1 Å². The van der Waals surface area contributed by atoms with Crippen molar-refractivity contribution < 1.29 is 9.47 Å². The molecule has 0 saturated carbocycles. The number of nitrogens with zero attached hydrogens (tertiary/aromatic N) is 2. The Labute approximate surface area is 121 Å². The standard InChI is InChI=1S/C15H13ClN2O2/c1-19-11-5-4-6-12(9-11)20-15-13(10-16)18-8-3-2-7-14(18)17-15/h2-9H,10H2,1H3. The van der Waals surface area contributed by atoms with Gasteiger partial charge in [-0.05, 0) is 24.3 Å². The molecule has 0 unspecified atom stereocenters. The summed E-state index contributed by atoms with van der Waals surface area (Å²) in [4.78, 5) is 4.45. The van der Waals surface area contributed by atoms with Crippen LogP contribution in [-0.4, -0.2) is 16.5 Å². The zero-order valence-electron chi connectivity index (χ0n) is 10.9. The van der Waals surface area contributed by atoms with Gasteiger partial charge >= 0.3 is 0 Å². The number of imidazole rings is 1. The summed E-state index contributed by atoms with van der Waals surface area (Å²) in [6.07, 6.45) is 1.92. The highest BCUT2D eigenvalue weighted by molar-refractivity contribution is 6.17. The van der Waals surface area contributed by atoms with Crippen LogP contribution in [0, 0.1) is 0 Å². The maximum absolute atomic E-state index is 6.01. The van der Waals surface area contributed by atoms with E-state index in [1.165, 1.54) is 0 Å². The van der Waals surface area contributed by atoms with Crippen molar-refractivity contribution in [3.05, 3.63) is 54.4 Å². The number of fused-ring (bicyclic) bond motifs is 1. The summed E-state index contributed by atoms with van der Waals surface area (Å²) >= 11 is 6.01. The van der Waals surface area contributed by atoms with E-state index in [0.717, 1.165) is 17.1 Å². The van der Waals surface area contributed by atoms with E-state index >= 15 is 0 Å². The molecule has 0 spiro atoms. The molecule has 0 fully saturated rings. The number of rotatable bonds is 4. The molecule has 0 aliphatic heterocycles. The van der Waals surface area contributed by atoms with Gasteiger partial charge < -0.3 is 9.47 Å². The fraction of sp³-hybridized carbons (Fsp3) is 0.133. The SMILES string of the molecule is COc1cccc(Oc2nc3ccccn3c2CCl)c1. The molecule has 0 aliphatic rings. The average molecular weight is 289 g/mol. The lowest BCUT2D eigenvalue weighted by atomic mass is 10.3. The molecular formula is C15H13ClN2O2. The van der Waals surface area contributed by atoms with Crippen LogP contribution in [0.15, 0.2) is 48.7 Å². The first-order chi connectivity index (χ1) is 9.81. The van der Waals surface area contributed by atoms with Gasteiger partial charge in [-0.2, -0.15) is 4.98 Å². The van der Waals surface area contributed by atoms with Crippen LogP contribution >= 0.6 is 11.6 Å². The molecule has 0 saturated heterocycles. The third-order valence-electron chi connectivity index (χ3n) is 2.97. The normalized spacial score (nSPS) is 10.7. The highest BCUT2D eigenvalue weighted by Crippen LogP contribution is 2.28. The Balaban J connectivity index is 2.01. The Morgan fingerprint density at radius 2 is 2.00 bits per heavy atom. The maximum Gasteiger partial charge on any atom is 0.242 e. The van der Waals surface area contributed by atoms with Gasteiger partial charge in [-0.25, -0.2) is 0 Å². The van der Waals surface area contributed by atoms with Gasteiger partial charge in [0.1, 0.15) is 22.8 Å². The molecule has 1 aromatic carbocycles. The van der Waals surface area contributed by atoms with Crippen LogP contribution in [0.25, 0.3) is 5.65 Å². The van der Waals surface area contributed by atoms with Gasteiger partial charge in [0.15, 0.2) is 0 Å². The third kappa shape index (κ3) is 2.30. The van der Waals surface area contributed by atoms with Crippen molar-refractivity contribution in [3.8, 4) is 17.4 Å². The number of alkyl halides is 1. The van der Waals surface area contributed by atoms with E-state index in [2.05, 4.69) is 4.98 Å². The molecule has 20 heavy (non-hydrogen) atoms. The summed E-state index contributed by atoms with van der Waals surface area (Å²) in [6, 6.07) is 13.2. The summed E-state index contributed by atoms with van der Waals surface area (Å²) in [5.74, 6) is 2.24. The Morgan fingerprint density at radius 1 is 1.15 bits per heavy atom. The molecule has 0 atom stereocenters. The van der Waals surface area contributed by atoms with Gasteiger partial charge in [0.05, 0.1) is 13.0 Å². The second kappa shape index (κ2) is 5.43. The number of halogens is 1. The molecule has 2 heterocycles. The van der Waals surface area contributed by atoms with E-state index in [-0.39, 0.29) is 0 Å². The Bertz CT molecular complexity index is 740. The van der Waals surface area contributed by atoms with Crippen LogP contribution in [0.5, 0.6) is 17.4 Å². The van der Waals surface area contributed by atoms with E-state index in [4.69, 9.17) is 21.1 Å². The molecule has 0 bridgehead atoms. The lowest BCUT2D eigenvalue weighted by Crippen LogP contribution is -1.92. The summed E-state index contributed by atoms with van der Waals surface area (Å²) in [5.41, 5.74) is 1.63. The average Bonchev–Trinajstić information content (AvgIpc) is 2.84. The van der Waals surface area contributed by atoms with Crippen LogP contribution in [-0.2, 0) is 5.88 Å². The highest BCUT2D eigenvalue weighted by Gasteiger charge is 2.13. The minimum Gasteiger partial charge on any atom is -0.497 e. The molecule has 0 radical (unpaired) electrons. The molecular weight excluding hydrogens is 276 g/mol. The quantitative estimate of drug-likeness (QED) is 0.684. The number of ether oxygens (including phenoxy) is 2. The van der Waals surface area contributed by atoms with Crippen molar-refractivity contribution >= 4 is 17.2 Å². The largest absolute Gasteiger partial charge is 0.497 e. The van der Waals surface area contributed by atoms with Gasteiger partial charge in [0.2, 0.25) is 5.88 Å². The summed E-state index contributed by atoms with van der Waals surface area (Å²) < 4.78 is 12.9. The molecule has 0 aliphatic carbocycles. The lowest BCUT2D eigenvalue weighted by molar-refractivity contribution is 0.407. The molecule has 5 heteroatoms. The fourth-order valence-electron chi connectivity index (χ4n) is 2.00. The number of hydrogen-bond donors (Lipinski definition) is 0. The minimum atomic E-state index is 0.324. The van der Waals surface area contributed by atoms with Gasteiger partial charge in [-0.15, -0.1) is 11.6 Å². The Morgan fingerprint density at radius 3 is 2.80 bits per heavy atom. The monoisotopic (exact) mass is 288 g/mol. The third-order valence-corrected chi connectivity index (χ3v) is 3.23. The van der Waals surface area contributed by atoms with Crippen LogP contribution in [0.4, 0.5) is 0 Å². The first-order valence-corrected chi connectivity index (χ1v) is 6.69. The van der Waals surface area contributed by atoms with E-state index in [1.807, 2.05) is 53.1 Å². The zero-order valence-corrected chi connectivity index (χ0v) is 11.7. The van der Waals surface area contributed by atoms with Crippen LogP contribution < -0.4 is 9.47 Å². The van der Waals surface area contributed by atoms with E-state index in [9.17, 15) is 0 Å². The molecule has 4 nitrogen and oxygen atoms in total. The van der Waals surface area contributed by atoms with Crippen molar-refractivity contribution in [2.45, 2.75) is 5.88 Å². The first kappa shape index (κ1) is 12.8. The highest BCUT2D eigenvalue weighted by atomic mass is 35.5. The first-order valence-electron chi connectivity index (χ1n) is 6.15. The summed E-state index contributed by atoms with van der Waals surface area (Å²) in [6.45, 7) is 0. The number of aromatic nitrogens is 2. The van der Waals surface area contributed by atoms with Crippen LogP contribution in [0.2, 0.25) is 0 Å². The van der Waals surface area contributed by atoms with Crippen molar-refractivity contribution in [2.75, 3.05) is 7.11 Å². The second-order valence-electron chi connectivity index (χ2n) is 4.21. The molecule has 3 aromatic rings. The van der Waals surface area contributed by atoms with E-state index < -0.39 is 0 Å². The zero-order chi connectivity index (χ0) is 13.9. The number of benzene rings is 1. The summed E-state index contributed by atoms with van der Waals surface area (Å²) in [5, 5.41) is 0. The van der Waals surface area contributed by atoms with Crippen molar-refractivity contribution in [1.29, 1.82) is 0 Å². The van der Waals surface area contributed by atoms with Gasteiger partial charge in [-0.3, -0.25) is 4.40 Å². The fourth-order valence-corrected chi connectivity index (χ4v) is 2.25. The number of pyridine rings is 1. The van der Waals surface area contributed by atoms with Crippen molar-refractivity contribution in [3.63, 3.8) is 0 Å². The maximum atomic E-state index is 6.01. The molecule has 102 valence electrons. The lowest BCUT2D eigenvalue weighted by Gasteiger charge is -2.06. The molecule has 0 amide bonds. The molecule has 0 N–H and O–H groups in total. The van der Waals surface area contributed by atoms with E-state index in [1.54, 1.807) is 7.11 Å². The van der Waals surface area contributed by atoms with Gasteiger partial charge in [0, 0.05) is 12.3 Å². The van der Waals surface area contributed by atoms with Crippen molar-refractivity contribution in [1.82, 2.24) is 9.38 Å². The predicted molar refractivity (Wildman–Crippen MR) is 77.8 cm³/mol. The Kier molecular flexibility index (Phi) is 3.48. The predicted octanol–water partition coefficient (Wildman–Crippen LogP) is 3.87. The molecule has 3 rings (SSSR count). The molecule has 2 aromatic heterocycles. The number of hydrogen-bond acceptors (Lipinski definition) is 3.